The molecule has 1 unspecified atom stereocenters. The van der Waals surface area contributed by atoms with Gasteiger partial charge in [-0.15, -0.1) is 0 Å². The van der Waals surface area contributed by atoms with Crippen LogP contribution in [0.15, 0.2) is 24.3 Å². The van der Waals surface area contributed by atoms with Crippen LogP contribution in [0.25, 0.3) is 0 Å². The minimum Gasteiger partial charge on any atom is -0.388 e. The standard InChI is InChI=1S/C11H12ClNO4/c1-13(17)11(16)10(15)6-9(14)7-2-4-8(12)5-3-7/h2-5,9,14,17H,6H2,1H3. The van der Waals surface area contributed by atoms with E-state index in [0.717, 1.165) is 7.05 Å². The number of amides is 1. The third-order valence-electron chi connectivity index (χ3n) is 2.17. The van der Waals surface area contributed by atoms with Crippen LogP contribution in [0.2, 0.25) is 5.02 Å². The lowest BCUT2D eigenvalue weighted by Gasteiger charge is -2.11. The normalized spacial score (nSPS) is 12.0. The minimum atomic E-state index is -1.09. The van der Waals surface area contributed by atoms with Crippen molar-refractivity contribution in [2.24, 2.45) is 0 Å². The Morgan fingerprint density at radius 2 is 1.88 bits per heavy atom. The molecular formula is C11H12ClNO4. The Morgan fingerprint density at radius 1 is 1.35 bits per heavy atom. The van der Waals surface area contributed by atoms with Gasteiger partial charge in [0.25, 0.3) is 0 Å². The van der Waals surface area contributed by atoms with Gasteiger partial charge in [-0.25, -0.2) is 5.06 Å². The third kappa shape index (κ3) is 3.81. The highest BCUT2D eigenvalue weighted by Gasteiger charge is 2.21. The molecule has 0 aliphatic carbocycles. The Hall–Kier alpha value is -1.43. The number of nitrogens with zero attached hydrogens (tertiary/aromatic N) is 1. The van der Waals surface area contributed by atoms with Gasteiger partial charge in [-0.3, -0.25) is 14.8 Å². The number of likely N-dealkylation sites (N-methyl/N-ethyl adjacent to an activating group) is 1. The number of hydrogen-bond acceptors (Lipinski definition) is 4. The van der Waals surface area contributed by atoms with Gasteiger partial charge < -0.3 is 5.11 Å². The minimum absolute atomic E-state index is 0.191. The third-order valence-corrected chi connectivity index (χ3v) is 2.42. The Morgan fingerprint density at radius 3 is 2.35 bits per heavy atom. The average molecular weight is 258 g/mol. The Kier molecular flexibility index (Phi) is 4.62. The second kappa shape index (κ2) is 5.77. The van der Waals surface area contributed by atoms with E-state index in [4.69, 9.17) is 16.8 Å². The van der Waals surface area contributed by atoms with Crippen LogP contribution in [0.3, 0.4) is 0 Å². The summed E-state index contributed by atoms with van der Waals surface area (Å²) in [6.45, 7) is 0. The number of ketones is 1. The number of hydrogen-bond donors (Lipinski definition) is 2. The lowest BCUT2D eigenvalue weighted by molar-refractivity contribution is -0.166. The summed E-state index contributed by atoms with van der Waals surface area (Å²) in [4.78, 5) is 22.4. The molecule has 1 aromatic rings. The molecule has 1 amide bonds. The number of carbonyl (C=O) groups is 2. The number of aliphatic hydroxyl groups excluding tert-OH is 1. The van der Waals surface area contributed by atoms with Crippen molar-refractivity contribution in [1.29, 1.82) is 0 Å². The largest absolute Gasteiger partial charge is 0.388 e. The average Bonchev–Trinajstić information content (AvgIpc) is 2.28. The summed E-state index contributed by atoms with van der Waals surface area (Å²) in [5.41, 5.74) is 0.483. The predicted octanol–water partition coefficient (Wildman–Crippen LogP) is 1.18. The number of halogens is 1. The molecule has 17 heavy (non-hydrogen) atoms. The van der Waals surface area contributed by atoms with Crippen LogP contribution in [0.5, 0.6) is 0 Å². The molecule has 0 saturated heterocycles. The van der Waals surface area contributed by atoms with Crippen molar-refractivity contribution in [3.8, 4) is 0 Å². The number of rotatable bonds is 4. The highest BCUT2D eigenvalue weighted by molar-refractivity contribution is 6.35. The van der Waals surface area contributed by atoms with Crippen molar-refractivity contribution in [2.45, 2.75) is 12.5 Å². The van der Waals surface area contributed by atoms with Gasteiger partial charge in [-0.2, -0.15) is 0 Å². The monoisotopic (exact) mass is 257 g/mol. The maximum absolute atomic E-state index is 11.3. The first-order valence-corrected chi connectivity index (χ1v) is 5.23. The van der Waals surface area contributed by atoms with E-state index in [2.05, 4.69) is 0 Å². The second-order valence-corrected chi connectivity index (χ2v) is 3.96. The maximum atomic E-state index is 11.3. The molecule has 1 rings (SSSR count). The summed E-state index contributed by atoms with van der Waals surface area (Å²) in [7, 11) is 1.05. The topological polar surface area (TPSA) is 77.8 Å². The molecule has 0 aromatic heterocycles. The van der Waals surface area contributed by atoms with Gasteiger partial charge >= 0.3 is 5.91 Å². The SMILES string of the molecule is CN(O)C(=O)C(=O)CC(O)c1ccc(Cl)cc1. The van der Waals surface area contributed by atoms with Crippen LogP contribution in [-0.2, 0) is 9.59 Å². The van der Waals surface area contributed by atoms with E-state index in [1.165, 1.54) is 0 Å². The van der Waals surface area contributed by atoms with Crippen LogP contribution in [0.1, 0.15) is 18.1 Å². The van der Waals surface area contributed by atoms with Crippen LogP contribution in [0, 0.1) is 0 Å². The highest BCUT2D eigenvalue weighted by atomic mass is 35.5. The van der Waals surface area contributed by atoms with Crippen molar-refractivity contribution < 1.29 is 19.9 Å². The molecule has 0 bridgehead atoms. The fraction of sp³-hybridized carbons (Fsp3) is 0.273. The number of aliphatic hydroxyl groups is 1. The van der Waals surface area contributed by atoms with Gasteiger partial charge in [0.15, 0.2) is 0 Å². The number of Topliss-reactive ketones (excluding diaryl/α,β-unsaturated/α-hetero) is 1. The predicted molar refractivity (Wildman–Crippen MR) is 60.6 cm³/mol. The first kappa shape index (κ1) is 13.6. The number of carbonyl (C=O) groups excluding carboxylic acids is 2. The van der Waals surface area contributed by atoms with Crippen molar-refractivity contribution in [3.63, 3.8) is 0 Å². The molecule has 1 aromatic carbocycles. The quantitative estimate of drug-likeness (QED) is 0.482. The zero-order valence-electron chi connectivity index (χ0n) is 9.13. The van der Waals surface area contributed by atoms with E-state index in [9.17, 15) is 14.7 Å². The highest BCUT2D eigenvalue weighted by Crippen LogP contribution is 2.19. The maximum Gasteiger partial charge on any atom is 0.313 e. The zero-order chi connectivity index (χ0) is 13.0. The van der Waals surface area contributed by atoms with Crippen LogP contribution in [0.4, 0.5) is 0 Å². The van der Waals surface area contributed by atoms with E-state index < -0.39 is 17.8 Å². The fourth-order valence-corrected chi connectivity index (χ4v) is 1.37. The van der Waals surface area contributed by atoms with Crippen molar-refractivity contribution in [3.05, 3.63) is 34.9 Å². The van der Waals surface area contributed by atoms with Gasteiger partial charge in [0, 0.05) is 18.5 Å². The van der Waals surface area contributed by atoms with Crippen LogP contribution in [-0.4, -0.2) is 34.1 Å². The summed E-state index contributed by atoms with van der Waals surface area (Å²) >= 11 is 5.67. The molecule has 92 valence electrons. The molecule has 0 aliphatic rings. The molecule has 0 heterocycles. The van der Waals surface area contributed by atoms with E-state index in [1.807, 2.05) is 0 Å². The number of hydroxylamine groups is 2. The summed E-state index contributed by atoms with van der Waals surface area (Å²) in [5.74, 6) is -1.92. The molecule has 0 spiro atoms. The molecule has 0 saturated carbocycles. The Bertz CT molecular complexity index is 416. The summed E-state index contributed by atoms with van der Waals surface area (Å²) in [6.07, 6.45) is -1.48. The summed E-state index contributed by atoms with van der Waals surface area (Å²) in [6, 6.07) is 6.27. The van der Waals surface area contributed by atoms with Crippen molar-refractivity contribution in [2.75, 3.05) is 7.05 Å². The number of benzene rings is 1. The Balaban J connectivity index is 2.66. The molecule has 5 nitrogen and oxygen atoms in total. The lowest BCUT2D eigenvalue weighted by Crippen LogP contribution is -2.31. The first-order valence-electron chi connectivity index (χ1n) is 4.85. The summed E-state index contributed by atoms with van der Waals surface area (Å²) in [5, 5.41) is 19.2. The molecule has 0 fully saturated rings. The molecule has 2 N–H and O–H groups in total. The van der Waals surface area contributed by atoms with E-state index >= 15 is 0 Å². The Labute approximate surface area is 103 Å². The van der Waals surface area contributed by atoms with Crippen LogP contribution < -0.4 is 0 Å². The van der Waals surface area contributed by atoms with E-state index in [-0.39, 0.29) is 11.5 Å². The lowest BCUT2D eigenvalue weighted by atomic mass is 10.0. The first-order chi connectivity index (χ1) is 7.91. The van der Waals surface area contributed by atoms with Gasteiger partial charge in [-0.1, -0.05) is 23.7 Å². The van der Waals surface area contributed by atoms with Crippen molar-refractivity contribution in [1.82, 2.24) is 5.06 Å². The van der Waals surface area contributed by atoms with Crippen molar-refractivity contribution >= 4 is 23.3 Å². The van der Waals surface area contributed by atoms with E-state index in [1.54, 1.807) is 24.3 Å². The van der Waals surface area contributed by atoms with Gasteiger partial charge in [0.1, 0.15) is 0 Å². The molecule has 1 atom stereocenters. The van der Waals surface area contributed by atoms with Gasteiger partial charge in [0.05, 0.1) is 6.10 Å². The summed E-state index contributed by atoms with van der Waals surface area (Å²) < 4.78 is 0. The van der Waals surface area contributed by atoms with Crippen LogP contribution >= 0.6 is 11.6 Å². The molecule has 0 aliphatic heterocycles. The molecule has 0 radical (unpaired) electrons. The van der Waals surface area contributed by atoms with Gasteiger partial charge in [-0.05, 0) is 17.7 Å². The van der Waals surface area contributed by atoms with Gasteiger partial charge in [0.2, 0.25) is 5.78 Å². The van der Waals surface area contributed by atoms with E-state index in [0.29, 0.717) is 10.6 Å². The fourth-order valence-electron chi connectivity index (χ4n) is 1.25. The molecule has 6 heteroatoms. The zero-order valence-corrected chi connectivity index (χ0v) is 9.89. The smallest absolute Gasteiger partial charge is 0.313 e. The molecular weight excluding hydrogens is 246 g/mol. The second-order valence-electron chi connectivity index (χ2n) is 3.52.